The molecule has 0 amide bonds. The van der Waals surface area contributed by atoms with Gasteiger partial charge in [-0.1, -0.05) is 13.8 Å². The lowest BCUT2D eigenvalue weighted by atomic mass is 9.93. The van der Waals surface area contributed by atoms with Crippen LogP contribution in [0.3, 0.4) is 0 Å². The van der Waals surface area contributed by atoms with Gasteiger partial charge in [-0.05, 0) is 5.92 Å². The highest BCUT2D eigenvalue weighted by molar-refractivity contribution is 5.08. The van der Waals surface area contributed by atoms with E-state index in [-0.39, 0.29) is 0 Å². The van der Waals surface area contributed by atoms with Gasteiger partial charge in [0.1, 0.15) is 0 Å². The lowest BCUT2D eigenvalue weighted by Gasteiger charge is -2.20. The molecule has 1 aromatic rings. The smallest absolute Gasteiger partial charge is 0.0948 e. The summed E-state index contributed by atoms with van der Waals surface area (Å²) in [6.45, 7) is 5.83. The fraction of sp³-hybridized carbons (Fsp3) is 0.583. The van der Waals surface area contributed by atoms with Gasteiger partial charge in [0.2, 0.25) is 0 Å². The summed E-state index contributed by atoms with van der Waals surface area (Å²) in [4.78, 5) is 4.17. The molecule has 82 valence electrons. The van der Waals surface area contributed by atoms with E-state index in [1.54, 1.807) is 0 Å². The first-order chi connectivity index (χ1) is 7.20. The average molecular weight is 205 g/mol. The first kappa shape index (κ1) is 11.8. The summed E-state index contributed by atoms with van der Waals surface area (Å²) in [5, 5.41) is 0. The number of imidazole rings is 1. The quantitative estimate of drug-likeness (QED) is 0.742. The zero-order valence-corrected chi connectivity index (χ0v) is 9.48. The third kappa shape index (κ3) is 2.84. The van der Waals surface area contributed by atoms with E-state index in [2.05, 4.69) is 29.3 Å². The molecule has 0 fully saturated rings. The number of rotatable bonds is 5. The molecule has 1 rings (SSSR count). The predicted octanol–water partition coefficient (Wildman–Crippen LogP) is 1.60. The molecular weight excluding hydrogens is 186 g/mol. The number of aromatic nitrogens is 2. The van der Waals surface area contributed by atoms with Crippen molar-refractivity contribution in [3.63, 3.8) is 0 Å². The third-order valence-electron chi connectivity index (χ3n) is 2.68. The van der Waals surface area contributed by atoms with Gasteiger partial charge in [0.05, 0.1) is 6.33 Å². The number of nitrogens with two attached hydrogens (primary N) is 1. The Balaban J connectivity index is 2.83. The molecule has 0 saturated heterocycles. The highest BCUT2D eigenvalue weighted by atomic mass is 15.0. The minimum absolute atomic E-state index is 0.366. The molecule has 2 N–H and O–H groups in total. The van der Waals surface area contributed by atoms with Gasteiger partial charge in [0.15, 0.2) is 0 Å². The van der Waals surface area contributed by atoms with E-state index in [9.17, 15) is 0 Å². The van der Waals surface area contributed by atoms with Crippen LogP contribution in [0.1, 0.15) is 31.9 Å². The van der Waals surface area contributed by atoms with E-state index in [1.165, 1.54) is 5.69 Å². The first-order valence-electron chi connectivity index (χ1n) is 5.34. The van der Waals surface area contributed by atoms with Gasteiger partial charge < -0.3 is 10.3 Å². The van der Waals surface area contributed by atoms with Crippen LogP contribution in [0, 0.1) is 18.3 Å². The maximum Gasteiger partial charge on any atom is 0.0948 e. The molecule has 0 aliphatic carbocycles. The third-order valence-corrected chi connectivity index (χ3v) is 2.68. The van der Waals surface area contributed by atoms with Crippen LogP contribution in [0.2, 0.25) is 0 Å². The summed E-state index contributed by atoms with van der Waals surface area (Å²) < 4.78 is 2.11. The van der Waals surface area contributed by atoms with Crippen LogP contribution >= 0.6 is 0 Å². The summed E-state index contributed by atoms with van der Waals surface area (Å²) in [7, 11) is 0. The first-order valence-corrected chi connectivity index (χ1v) is 5.34. The van der Waals surface area contributed by atoms with Gasteiger partial charge in [0.25, 0.3) is 0 Å². The lowest BCUT2D eigenvalue weighted by Crippen LogP contribution is -2.20. The Morgan fingerprint density at radius 2 is 2.33 bits per heavy atom. The molecule has 1 atom stereocenters. The Morgan fingerprint density at radius 3 is 2.87 bits per heavy atom. The Labute approximate surface area is 91.7 Å². The highest BCUT2D eigenvalue weighted by Crippen LogP contribution is 2.22. The monoisotopic (exact) mass is 205 g/mol. The highest BCUT2D eigenvalue weighted by Gasteiger charge is 2.17. The second-order valence-electron chi connectivity index (χ2n) is 4.05. The van der Waals surface area contributed by atoms with Crippen molar-refractivity contribution >= 4 is 0 Å². The van der Waals surface area contributed by atoms with Gasteiger partial charge in [-0.15, -0.1) is 12.3 Å². The SMILES string of the molecule is C#CCCn1cncc1C(CN)C(C)C. The summed E-state index contributed by atoms with van der Waals surface area (Å²) in [5.41, 5.74) is 6.98. The van der Waals surface area contributed by atoms with Crippen LogP contribution in [-0.4, -0.2) is 16.1 Å². The van der Waals surface area contributed by atoms with E-state index in [0.717, 1.165) is 13.0 Å². The molecule has 1 aromatic heterocycles. The predicted molar refractivity (Wildman–Crippen MR) is 62.3 cm³/mol. The van der Waals surface area contributed by atoms with Gasteiger partial charge >= 0.3 is 0 Å². The standard InChI is InChI=1S/C12H19N3/c1-4-5-6-15-9-14-8-12(15)11(7-13)10(2)3/h1,8-11H,5-7,13H2,2-3H3. The number of nitrogens with zero attached hydrogens (tertiary/aromatic N) is 2. The van der Waals surface area contributed by atoms with Crippen molar-refractivity contribution in [3.05, 3.63) is 18.2 Å². The van der Waals surface area contributed by atoms with Crippen molar-refractivity contribution in [1.29, 1.82) is 0 Å². The molecule has 3 heteroatoms. The van der Waals surface area contributed by atoms with Crippen molar-refractivity contribution in [2.75, 3.05) is 6.54 Å². The van der Waals surface area contributed by atoms with E-state index < -0.39 is 0 Å². The van der Waals surface area contributed by atoms with Gasteiger partial charge in [0, 0.05) is 37.3 Å². The van der Waals surface area contributed by atoms with Crippen molar-refractivity contribution < 1.29 is 0 Å². The molecule has 1 heterocycles. The van der Waals surface area contributed by atoms with Crippen LogP contribution in [0.15, 0.2) is 12.5 Å². The van der Waals surface area contributed by atoms with Crippen LogP contribution in [0.5, 0.6) is 0 Å². The maximum atomic E-state index is 5.78. The molecule has 15 heavy (non-hydrogen) atoms. The fourth-order valence-electron chi connectivity index (χ4n) is 1.75. The molecule has 0 aromatic carbocycles. The summed E-state index contributed by atoms with van der Waals surface area (Å²) >= 11 is 0. The molecule has 1 unspecified atom stereocenters. The van der Waals surface area contributed by atoms with Gasteiger partial charge in [-0.2, -0.15) is 0 Å². The molecule has 0 spiro atoms. The van der Waals surface area contributed by atoms with Crippen molar-refractivity contribution in [2.24, 2.45) is 11.7 Å². The lowest BCUT2D eigenvalue weighted by molar-refractivity contribution is 0.473. The minimum atomic E-state index is 0.366. The van der Waals surface area contributed by atoms with Gasteiger partial charge in [-0.25, -0.2) is 4.98 Å². The van der Waals surface area contributed by atoms with E-state index >= 15 is 0 Å². The normalized spacial score (nSPS) is 12.7. The zero-order valence-electron chi connectivity index (χ0n) is 9.48. The maximum absolute atomic E-state index is 5.78. The Morgan fingerprint density at radius 1 is 1.60 bits per heavy atom. The van der Waals surface area contributed by atoms with Crippen LogP contribution in [-0.2, 0) is 6.54 Å². The summed E-state index contributed by atoms with van der Waals surface area (Å²) in [6.07, 6.45) is 9.72. The summed E-state index contributed by atoms with van der Waals surface area (Å²) in [6, 6.07) is 0. The van der Waals surface area contributed by atoms with Crippen LogP contribution in [0.25, 0.3) is 0 Å². The van der Waals surface area contributed by atoms with Gasteiger partial charge in [-0.3, -0.25) is 0 Å². The average Bonchev–Trinajstić information content (AvgIpc) is 2.64. The van der Waals surface area contributed by atoms with Crippen LogP contribution in [0.4, 0.5) is 0 Å². The van der Waals surface area contributed by atoms with Crippen molar-refractivity contribution in [1.82, 2.24) is 9.55 Å². The minimum Gasteiger partial charge on any atom is -0.333 e. The summed E-state index contributed by atoms with van der Waals surface area (Å²) in [5.74, 6) is 3.53. The second kappa shape index (κ2) is 5.57. The number of hydrogen-bond donors (Lipinski definition) is 1. The zero-order chi connectivity index (χ0) is 11.3. The molecule has 0 bridgehead atoms. The molecule has 0 radical (unpaired) electrons. The Hall–Kier alpha value is -1.27. The molecule has 3 nitrogen and oxygen atoms in total. The van der Waals surface area contributed by atoms with Crippen molar-refractivity contribution in [2.45, 2.75) is 32.7 Å². The van der Waals surface area contributed by atoms with E-state index in [4.69, 9.17) is 12.2 Å². The Kier molecular flexibility index (Phi) is 4.38. The topological polar surface area (TPSA) is 43.8 Å². The number of terminal acetylenes is 1. The molecular formula is C12H19N3. The Bertz CT molecular complexity index is 333. The van der Waals surface area contributed by atoms with Crippen LogP contribution < -0.4 is 5.73 Å². The number of aryl methyl sites for hydroxylation is 1. The second-order valence-corrected chi connectivity index (χ2v) is 4.05. The fourth-order valence-corrected chi connectivity index (χ4v) is 1.75. The van der Waals surface area contributed by atoms with E-state index in [0.29, 0.717) is 18.4 Å². The molecule has 0 aliphatic heterocycles. The largest absolute Gasteiger partial charge is 0.333 e. The molecule has 0 aliphatic rings. The van der Waals surface area contributed by atoms with E-state index in [1.807, 2.05) is 12.5 Å². The number of hydrogen-bond acceptors (Lipinski definition) is 2. The van der Waals surface area contributed by atoms with Crippen molar-refractivity contribution in [3.8, 4) is 12.3 Å². The molecule has 0 saturated carbocycles.